The number of ether oxygens (including phenoxy) is 4. The minimum absolute atomic E-state index is 0.00111. The molecule has 0 unspecified atom stereocenters. The summed E-state index contributed by atoms with van der Waals surface area (Å²) < 4.78 is 37.1. The molecule has 0 bridgehead atoms. The first-order chi connectivity index (χ1) is 17.2. The second-order valence-corrected chi connectivity index (χ2v) is 9.89. The van der Waals surface area contributed by atoms with E-state index in [4.69, 9.17) is 18.9 Å². The predicted octanol–water partition coefficient (Wildman–Crippen LogP) is 3.29. The van der Waals surface area contributed by atoms with Crippen molar-refractivity contribution in [3.05, 3.63) is 41.8 Å². The molecule has 1 N–H and O–H groups in total. The number of hydrogen-bond acceptors (Lipinski definition) is 8. The average molecular weight is 501 g/mol. The quantitative estimate of drug-likeness (QED) is 0.683. The molecular formula is C25H29FN4O6. The third kappa shape index (κ3) is 5.01. The second-order valence-electron chi connectivity index (χ2n) is 9.89. The molecule has 0 radical (unpaired) electrons. The standard InChI is InChI=1S/C25H29FN4O6/c1-25(2,3)36-23(31)28-13-20-22-30(24(32)35-20)14-16-10-17(18(26)11-19(16)34-22)15-4-5-21(27-12-15)29-6-8-33-9-7-29/h4-5,10-12,20,22H,6-9,13-14H2,1-3H3,(H,28,31)/t20-,22-/m0/s1. The van der Waals surface area contributed by atoms with Gasteiger partial charge in [0.25, 0.3) is 0 Å². The molecule has 2 fully saturated rings. The zero-order valence-corrected chi connectivity index (χ0v) is 20.5. The summed E-state index contributed by atoms with van der Waals surface area (Å²) >= 11 is 0. The van der Waals surface area contributed by atoms with E-state index in [0.717, 1.165) is 18.9 Å². The maximum atomic E-state index is 15.1. The van der Waals surface area contributed by atoms with Gasteiger partial charge in [0.2, 0.25) is 6.23 Å². The number of carbonyl (C=O) groups is 2. The van der Waals surface area contributed by atoms with Crippen molar-refractivity contribution >= 4 is 18.0 Å². The Morgan fingerprint density at radius 3 is 2.69 bits per heavy atom. The molecule has 5 rings (SSSR count). The zero-order chi connectivity index (χ0) is 25.4. The van der Waals surface area contributed by atoms with E-state index < -0.39 is 35.9 Å². The van der Waals surface area contributed by atoms with Crippen molar-refractivity contribution in [1.82, 2.24) is 15.2 Å². The Balaban J connectivity index is 1.30. The van der Waals surface area contributed by atoms with Crippen LogP contribution in [0.15, 0.2) is 30.5 Å². The maximum Gasteiger partial charge on any atom is 0.413 e. The predicted molar refractivity (Wildman–Crippen MR) is 127 cm³/mol. The lowest BCUT2D eigenvalue weighted by Gasteiger charge is -2.32. The van der Waals surface area contributed by atoms with Crippen molar-refractivity contribution in [2.45, 2.75) is 45.2 Å². The van der Waals surface area contributed by atoms with Crippen molar-refractivity contribution in [2.75, 3.05) is 37.7 Å². The van der Waals surface area contributed by atoms with Gasteiger partial charge in [0.15, 0.2) is 6.10 Å². The van der Waals surface area contributed by atoms with Gasteiger partial charge in [-0.1, -0.05) is 0 Å². The number of fused-ring (bicyclic) bond motifs is 2. The first-order valence-electron chi connectivity index (χ1n) is 11.9. The van der Waals surface area contributed by atoms with Crippen LogP contribution in [0.1, 0.15) is 26.3 Å². The molecule has 1 aromatic heterocycles. The number of nitrogens with zero attached hydrogens (tertiary/aromatic N) is 3. The number of aromatic nitrogens is 1. The molecule has 0 saturated carbocycles. The van der Waals surface area contributed by atoms with Gasteiger partial charge < -0.3 is 29.2 Å². The molecule has 36 heavy (non-hydrogen) atoms. The van der Waals surface area contributed by atoms with Crippen LogP contribution in [0, 0.1) is 5.82 Å². The largest absolute Gasteiger partial charge is 0.466 e. The minimum atomic E-state index is -0.792. The fraction of sp³-hybridized carbons (Fsp3) is 0.480. The van der Waals surface area contributed by atoms with E-state index >= 15 is 4.39 Å². The number of carbonyl (C=O) groups excluding carboxylic acids is 2. The lowest BCUT2D eigenvalue weighted by atomic mass is 10.0. The Morgan fingerprint density at radius 1 is 1.22 bits per heavy atom. The monoisotopic (exact) mass is 500 g/mol. The topological polar surface area (TPSA) is 102 Å². The highest BCUT2D eigenvalue weighted by atomic mass is 19.1. The van der Waals surface area contributed by atoms with Crippen LogP contribution in [-0.4, -0.2) is 72.9 Å². The molecule has 2 saturated heterocycles. The second kappa shape index (κ2) is 9.45. The molecule has 1 aromatic carbocycles. The van der Waals surface area contributed by atoms with Gasteiger partial charge in [0.05, 0.1) is 26.3 Å². The summed E-state index contributed by atoms with van der Waals surface area (Å²) in [6.45, 7) is 8.28. The van der Waals surface area contributed by atoms with Crippen LogP contribution in [0.3, 0.4) is 0 Å². The SMILES string of the molecule is CC(C)(C)OC(=O)NC[C@@H]1OC(=O)N2Cc3cc(-c4ccc(N5CCOCC5)nc4)c(F)cc3O[C@@H]12. The van der Waals surface area contributed by atoms with Gasteiger partial charge in [0.1, 0.15) is 23.0 Å². The number of benzene rings is 1. The number of alkyl carbamates (subject to hydrolysis) is 1. The molecule has 192 valence electrons. The Labute approximate surface area is 208 Å². The fourth-order valence-corrected chi connectivity index (χ4v) is 4.39. The van der Waals surface area contributed by atoms with Crippen molar-refractivity contribution in [1.29, 1.82) is 0 Å². The number of amides is 2. The van der Waals surface area contributed by atoms with Crippen molar-refractivity contribution < 1.29 is 32.9 Å². The number of halogens is 1. The number of anilines is 1. The summed E-state index contributed by atoms with van der Waals surface area (Å²) in [5.74, 6) is 0.685. The zero-order valence-electron chi connectivity index (χ0n) is 20.5. The number of rotatable bonds is 4. The van der Waals surface area contributed by atoms with Gasteiger partial charge in [-0.05, 0) is 39.0 Å². The first-order valence-corrected chi connectivity index (χ1v) is 11.9. The third-order valence-corrected chi connectivity index (χ3v) is 6.09. The molecule has 2 aromatic rings. The molecule has 3 aliphatic rings. The highest BCUT2D eigenvalue weighted by Gasteiger charge is 2.46. The lowest BCUT2D eigenvalue weighted by molar-refractivity contribution is 0.0143. The normalized spacial score (nSPS) is 21.3. The van der Waals surface area contributed by atoms with Gasteiger partial charge in [-0.15, -0.1) is 0 Å². The number of morpholine rings is 1. The highest BCUT2D eigenvalue weighted by molar-refractivity contribution is 5.73. The van der Waals surface area contributed by atoms with Crippen molar-refractivity contribution in [3.8, 4) is 16.9 Å². The average Bonchev–Trinajstić information content (AvgIpc) is 3.15. The molecule has 2 amide bonds. The van der Waals surface area contributed by atoms with E-state index in [1.54, 1.807) is 33.0 Å². The third-order valence-electron chi connectivity index (χ3n) is 6.09. The number of pyridine rings is 1. The molecule has 11 heteroatoms. The molecule has 0 aliphatic carbocycles. The summed E-state index contributed by atoms with van der Waals surface area (Å²) in [4.78, 5) is 32.5. The summed E-state index contributed by atoms with van der Waals surface area (Å²) in [5, 5.41) is 2.59. The van der Waals surface area contributed by atoms with Gasteiger partial charge in [-0.3, -0.25) is 4.90 Å². The van der Waals surface area contributed by atoms with Gasteiger partial charge in [0, 0.05) is 42.0 Å². The maximum absolute atomic E-state index is 15.1. The van der Waals surface area contributed by atoms with E-state index in [1.165, 1.54) is 11.0 Å². The lowest BCUT2D eigenvalue weighted by Crippen LogP contribution is -2.48. The summed E-state index contributed by atoms with van der Waals surface area (Å²) in [5.41, 5.74) is 0.985. The Bertz CT molecular complexity index is 1150. The smallest absolute Gasteiger partial charge is 0.413 e. The summed E-state index contributed by atoms with van der Waals surface area (Å²) in [6.07, 6.45) is -1.11. The van der Waals surface area contributed by atoms with E-state index in [0.29, 0.717) is 35.7 Å². The van der Waals surface area contributed by atoms with E-state index in [9.17, 15) is 9.59 Å². The highest BCUT2D eigenvalue weighted by Crippen LogP contribution is 2.37. The van der Waals surface area contributed by atoms with Gasteiger partial charge in [-0.2, -0.15) is 0 Å². The van der Waals surface area contributed by atoms with Crippen molar-refractivity contribution in [3.63, 3.8) is 0 Å². The summed E-state index contributed by atoms with van der Waals surface area (Å²) in [6, 6.07) is 6.69. The molecule has 10 nitrogen and oxygen atoms in total. The number of nitrogens with one attached hydrogen (secondary N) is 1. The minimum Gasteiger partial charge on any atom is -0.466 e. The molecular weight excluding hydrogens is 471 g/mol. The van der Waals surface area contributed by atoms with Crippen molar-refractivity contribution in [2.24, 2.45) is 0 Å². The first kappa shape index (κ1) is 24.1. The van der Waals surface area contributed by atoms with Crippen LogP contribution in [0.2, 0.25) is 0 Å². The Kier molecular flexibility index (Phi) is 6.33. The van der Waals surface area contributed by atoms with E-state index in [-0.39, 0.29) is 13.1 Å². The molecule has 4 heterocycles. The van der Waals surface area contributed by atoms with Crippen LogP contribution in [0.5, 0.6) is 5.75 Å². The van der Waals surface area contributed by atoms with Gasteiger partial charge >= 0.3 is 12.2 Å². The molecule has 2 atom stereocenters. The van der Waals surface area contributed by atoms with Crippen LogP contribution in [0.25, 0.3) is 11.1 Å². The van der Waals surface area contributed by atoms with Crippen LogP contribution in [0.4, 0.5) is 19.8 Å². The Hall–Kier alpha value is -3.60. The number of hydrogen-bond donors (Lipinski definition) is 1. The van der Waals surface area contributed by atoms with E-state index in [1.807, 2.05) is 12.1 Å². The molecule has 3 aliphatic heterocycles. The van der Waals surface area contributed by atoms with Crippen LogP contribution < -0.4 is 15.0 Å². The van der Waals surface area contributed by atoms with E-state index in [2.05, 4.69) is 15.2 Å². The Morgan fingerprint density at radius 2 is 2.00 bits per heavy atom. The fourth-order valence-electron chi connectivity index (χ4n) is 4.39. The van der Waals surface area contributed by atoms with Crippen LogP contribution >= 0.6 is 0 Å². The number of cyclic esters (lactones) is 1. The van der Waals surface area contributed by atoms with Crippen LogP contribution in [-0.2, 0) is 20.8 Å². The summed E-state index contributed by atoms with van der Waals surface area (Å²) in [7, 11) is 0. The molecule has 0 spiro atoms. The van der Waals surface area contributed by atoms with Gasteiger partial charge in [-0.25, -0.2) is 19.0 Å².